The van der Waals surface area contributed by atoms with Crippen molar-refractivity contribution in [1.82, 2.24) is 9.88 Å². The first-order chi connectivity index (χ1) is 16.9. The molecule has 36 heavy (non-hydrogen) atoms. The summed E-state index contributed by atoms with van der Waals surface area (Å²) in [5.41, 5.74) is 4.34. The Bertz CT molecular complexity index is 1230. The number of ketones is 2. The summed E-state index contributed by atoms with van der Waals surface area (Å²) < 4.78 is 27.0. The Hall–Kier alpha value is -3.33. The quantitative estimate of drug-likeness (QED) is 0.393. The molecule has 0 amide bonds. The van der Waals surface area contributed by atoms with Crippen molar-refractivity contribution in [2.45, 2.75) is 65.2 Å². The third-order valence-electron chi connectivity index (χ3n) is 7.67. The number of aromatic nitrogens is 1. The highest BCUT2D eigenvalue weighted by atomic mass is 19.3. The highest BCUT2D eigenvalue weighted by Crippen LogP contribution is 2.47. The van der Waals surface area contributed by atoms with E-state index in [0.29, 0.717) is 50.2 Å². The van der Waals surface area contributed by atoms with Crippen molar-refractivity contribution < 1.29 is 18.4 Å². The molecule has 1 aliphatic carbocycles. The van der Waals surface area contributed by atoms with Gasteiger partial charge >= 0.3 is 0 Å². The van der Waals surface area contributed by atoms with Crippen LogP contribution < -0.4 is 0 Å². The molecular formula is C30H32F2N2O2. The summed E-state index contributed by atoms with van der Waals surface area (Å²) in [7, 11) is 0. The fraction of sp³-hybridized carbons (Fsp3) is 0.433. The first kappa shape index (κ1) is 25.8. The van der Waals surface area contributed by atoms with Gasteiger partial charge < -0.3 is 4.90 Å². The van der Waals surface area contributed by atoms with Gasteiger partial charge in [0, 0.05) is 50.2 Å². The van der Waals surface area contributed by atoms with Gasteiger partial charge in [0.15, 0.2) is 0 Å². The summed E-state index contributed by atoms with van der Waals surface area (Å²) in [6.45, 7) is 11.9. The summed E-state index contributed by atoms with van der Waals surface area (Å²) in [5, 5.41) is 0. The summed E-state index contributed by atoms with van der Waals surface area (Å²) >= 11 is 0. The van der Waals surface area contributed by atoms with Crippen molar-refractivity contribution in [3.05, 3.63) is 70.6 Å². The number of Topliss-reactive ketones (excluding diaryl/α,β-unsaturated/α-hetero) is 2. The van der Waals surface area contributed by atoms with E-state index >= 15 is 0 Å². The van der Waals surface area contributed by atoms with Crippen LogP contribution in [-0.4, -0.2) is 34.5 Å². The van der Waals surface area contributed by atoms with Crippen LogP contribution in [-0.2, 0) is 15.5 Å². The number of pyridine rings is 1. The molecule has 6 heteroatoms. The van der Waals surface area contributed by atoms with Gasteiger partial charge in [-0.2, -0.15) is 0 Å². The average Bonchev–Trinajstić information content (AvgIpc) is 2.80. The first-order valence-corrected chi connectivity index (χ1v) is 12.3. The third-order valence-corrected chi connectivity index (χ3v) is 7.67. The molecule has 1 spiro atoms. The van der Waals surface area contributed by atoms with E-state index < -0.39 is 11.8 Å². The molecule has 1 aromatic carbocycles. The fourth-order valence-corrected chi connectivity index (χ4v) is 5.74. The molecule has 1 saturated carbocycles. The predicted octanol–water partition coefficient (Wildman–Crippen LogP) is 5.95. The maximum Gasteiger partial charge on any atom is 0.272 e. The Morgan fingerprint density at radius 1 is 1.11 bits per heavy atom. The summed E-state index contributed by atoms with van der Waals surface area (Å²) in [5.74, 6) is 2.30. The normalized spacial score (nSPS) is 18.2. The molecule has 2 heterocycles. The molecular weight excluding hydrogens is 458 g/mol. The minimum atomic E-state index is -2.94. The number of hydrogen-bond acceptors (Lipinski definition) is 4. The second-order valence-electron chi connectivity index (χ2n) is 10.4. The predicted molar refractivity (Wildman–Crippen MR) is 137 cm³/mol. The van der Waals surface area contributed by atoms with E-state index in [1.807, 2.05) is 26.0 Å². The topological polar surface area (TPSA) is 50.3 Å². The summed E-state index contributed by atoms with van der Waals surface area (Å²) in [4.78, 5) is 33.0. The van der Waals surface area contributed by atoms with E-state index in [1.54, 1.807) is 13.0 Å². The third kappa shape index (κ3) is 4.97. The molecule has 1 aliphatic heterocycles. The molecule has 4 nitrogen and oxygen atoms in total. The molecule has 2 fully saturated rings. The molecule has 2 aromatic rings. The van der Waals surface area contributed by atoms with Crippen LogP contribution >= 0.6 is 0 Å². The van der Waals surface area contributed by atoms with Crippen LogP contribution in [0.4, 0.5) is 8.78 Å². The Morgan fingerprint density at radius 2 is 1.69 bits per heavy atom. The molecule has 1 aromatic heterocycles. The largest absolute Gasteiger partial charge is 0.370 e. The van der Waals surface area contributed by atoms with Gasteiger partial charge in [-0.15, -0.1) is 5.92 Å². The molecule has 4 rings (SSSR count). The number of aryl methyl sites for hydroxylation is 2. The van der Waals surface area contributed by atoms with Gasteiger partial charge in [0.25, 0.3) is 5.92 Å². The van der Waals surface area contributed by atoms with Crippen LogP contribution in [0.5, 0.6) is 0 Å². The number of likely N-dealkylation sites (tertiary alicyclic amines) is 1. The SMILES string of the molecule is C=C(c1ccc(C(C)(F)F)cn1)N1CCC2(CC1)CC(=O)C(c1c(C)cc(C#CC)cc1C)C(=O)C2. The van der Waals surface area contributed by atoms with Gasteiger partial charge in [-0.05, 0) is 80.0 Å². The molecule has 2 aliphatic rings. The number of piperidine rings is 1. The Balaban J connectivity index is 1.45. The molecule has 0 atom stereocenters. The van der Waals surface area contributed by atoms with E-state index in [0.717, 1.165) is 29.2 Å². The number of carbonyl (C=O) groups excluding carboxylic acids is 2. The minimum Gasteiger partial charge on any atom is -0.370 e. The standard InChI is InChI=1S/C30H32F2N2O2/c1-6-7-22-14-19(2)27(20(3)15-22)28-25(35)16-30(17-26(28)36)10-12-34(13-11-30)21(4)24-9-8-23(18-33-24)29(5,31)32/h8-9,14-15,18,28H,4,10-13,16-17H2,1-3,5H3. The lowest BCUT2D eigenvalue weighted by Gasteiger charge is -2.45. The van der Waals surface area contributed by atoms with E-state index in [9.17, 15) is 18.4 Å². The van der Waals surface area contributed by atoms with Crippen LogP contribution in [0.1, 0.15) is 79.0 Å². The molecule has 1 saturated heterocycles. The van der Waals surface area contributed by atoms with Crippen molar-refractivity contribution in [3.8, 4) is 11.8 Å². The fourth-order valence-electron chi connectivity index (χ4n) is 5.74. The van der Waals surface area contributed by atoms with Crippen LogP contribution in [0.3, 0.4) is 0 Å². The molecule has 188 valence electrons. The van der Waals surface area contributed by atoms with Gasteiger partial charge in [-0.3, -0.25) is 14.6 Å². The van der Waals surface area contributed by atoms with Crippen molar-refractivity contribution >= 4 is 17.3 Å². The van der Waals surface area contributed by atoms with Gasteiger partial charge in [0.1, 0.15) is 17.5 Å². The maximum absolute atomic E-state index is 13.5. The van der Waals surface area contributed by atoms with Crippen LogP contribution in [0, 0.1) is 31.1 Å². The van der Waals surface area contributed by atoms with E-state index in [-0.39, 0.29) is 22.5 Å². The molecule has 0 radical (unpaired) electrons. The Kier molecular flexibility index (Phi) is 6.88. The highest BCUT2D eigenvalue weighted by molar-refractivity contribution is 6.10. The average molecular weight is 491 g/mol. The first-order valence-electron chi connectivity index (χ1n) is 12.3. The lowest BCUT2D eigenvalue weighted by Crippen LogP contribution is -2.46. The number of carbonyl (C=O) groups is 2. The van der Waals surface area contributed by atoms with E-state index in [4.69, 9.17) is 0 Å². The second kappa shape index (κ2) is 9.61. The second-order valence-corrected chi connectivity index (χ2v) is 10.4. The number of halogens is 2. The lowest BCUT2D eigenvalue weighted by atomic mass is 9.62. The number of alkyl halides is 2. The van der Waals surface area contributed by atoms with Crippen LogP contribution in [0.25, 0.3) is 5.70 Å². The van der Waals surface area contributed by atoms with Crippen molar-refractivity contribution in [1.29, 1.82) is 0 Å². The number of benzene rings is 1. The van der Waals surface area contributed by atoms with E-state index in [1.165, 1.54) is 12.3 Å². The Morgan fingerprint density at radius 3 is 2.17 bits per heavy atom. The smallest absolute Gasteiger partial charge is 0.272 e. The van der Waals surface area contributed by atoms with Crippen molar-refractivity contribution in [2.75, 3.05) is 13.1 Å². The van der Waals surface area contributed by atoms with E-state index in [2.05, 4.69) is 28.3 Å². The van der Waals surface area contributed by atoms with Gasteiger partial charge in [-0.1, -0.05) is 12.5 Å². The van der Waals surface area contributed by atoms with Crippen molar-refractivity contribution in [2.24, 2.45) is 5.41 Å². The van der Waals surface area contributed by atoms with Gasteiger partial charge in [-0.25, -0.2) is 8.78 Å². The lowest BCUT2D eigenvalue weighted by molar-refractivity contribution is -0.138. The Labute approximate surface area is 211 Å². The summed E-state index contributed by atoms with van der Waals surface area (Å²) in [6, 6.07) is 6.86. The number of rotatable bonds is 4. The zero-order valence-electron chi connectivity index (χ0n) is 21.4. The number of hydrogen-bond donors (Lipinski definition) is 0. The van der Waals surface area contributed by atoms with Gasteiger partial charge in [0.05, 0.1) is 11.4 Å². The zero-order valence-corrected chi connectivity index (χ0v) is 21.4. The van der Waals surface area contributed by atoms with Crippen LogP contribution in [0.15, 0.2) is 37.0 Å². The summed E-state index contributed by atoms with van der Waals surface area (Å²) in [6.07, 6.45) is 3.36. The monoisotopic (exact) mass is 490 g/mol. The minimum absolute atomic E-state index is 0.00296. The molecule has 0 N–H and O–H groups in total. The number of nitrogens with zero attached hydrogens (tertiary/aromatic N) is 2. The van der Waals surface area contributed by atoms with Crippen LogP contribution in [0.2, 0.25) is 0 Å². The molecule has 0 unspecified atom stereocenters. The zero-order chi connectivity index (χ0) is 26.3. The van der Waals surface area contributed by atoms with Gasteiger partial charge in [0.2, 0.25) is 0 Å². The maximum atomic E-state index is 13.5. The highest BCUT2D eigenvalue weighted by Gasteiger charge is 2.47. The molecule has 0 bridgehead atoms. The van der Waals surface area contributed by atoms with Crippen molar-refractivity contribution in [3.63, 3.8) is 0 Å².